The Morgan fingerprint density at radius 1 is 0.846 bits per heavy atom. The van der Waals surface area contributed by atoms with Crippen molar-refractivity contribution in [2.24, 2.45) is 0 Å². The maximum absolute atomic E-state index is 4.08. The zero-order valence-corrected chi connectivity index (χ0v) is 7.35. The minimum absolute atomic E-state index is 0.967. The molecule has 64 valence electrons. The first-order valence-electron chi connectivity index (χ1n) is 4.38. The molecule has 0 fully saturated rings. The first-order chi connectivity index (χ1) is 6.45. The monoisotopic (exact) mass is 169 g/mol. The Morgan fingerprint density at radius 3 is 2.31 bits per heavy atom. The van der Waals surface area contributed by atoms with Gasteiger partial charge in [0.15, 0.2) is 0 Å². The lowest BCUT2D eigenvalue weighted by Gasteiger charge is -1.99. The molecule has 0 spiro atoms. The van der Waals surface area contributed by atoms with Crippen molar-refractivity contribution in [1.82, 2.24) is 4.98 Å². The van der Waals surface area contributed by atoms with E-state index in [9.17, 15) is 0 Å². The number of nitrogens with zero attached hydrogens (tertiary/aromatic N) is 1. The lowest BCUT2D eigenvalue weighted by Crippen LogP contribution is -1.87. The van der Waals surface area contributed by atoms with Crippen molar-refractivity contribution in [1.29, 1.82) is 0 Å². The third-order valence-corrected chi connectivity index (χ3v) is 1.97. The van der Waals surface area contributed by atoms with Crippen LogP contribution in [0.15, 0.2) is 54.9 Å². The Labute approximate surface area is 78.1 Å². The van der Waals surface area contributed by atoms with E-state index in [1.807, 2.05) is 18.3 Å². The number of pyridine rings is 1. The standard InChI is InChI=1S/C12H11N/c1-2-5-11(6-3-1)9-12-7-4-8-13-10-12/h1-8,10H,9H2. The summed E-state index contributed by atoms with van der Waals surface area (Å²) in [6, 6.07) is 14.5. The van der Waals surface area contributed by atoms with Gasteiger partial charge in [0.05, 0.1) is 0 Å². The summed E-state index contributed by atoms with van der Waals surface area (Å²) in [5.41, 5.74) is 2.59. The van der Waals surface area contributed by atoms with E-state index in [0.29, 0.717) is 0 Å². The summed E-state index contributed by atoms with van der Waals surface area (Å²) in [6.45, 7) is 0. The molecule has 0 N–H and O–H groups in total. The normalized spacial score (nSPS) is 9.85. The fourth-order valence-corrected chi connectivity index (χ4v) is 1.33. The van der Waals surface area contributed by atoms with Crippen LogP contribution in [0, 0.1) is 0 Å². The van der Waals surface area contributed by atoms with Gasteiger partial charge in [-0.15, -0.1) is 0 Å². The van der Waals surface area contributed by atoms with Crippen LogP contribution >= 0.6 is 0 Å². The van der Waals surface area contributed by atoms with Gasteiger partial charge in [-0.2, -0.15) is 0 Å². The summed E-state index contributed by atoms with van der Waals surface area (Å²) < 4.78 is 0. The molecule has 1 heterocycles. The predicted octanol–water partition coefficient (Wildman–Crippen LogP) is 2.67. The van der Waals surface area contributed by atoms with Crippen molar-refractivity contribution in [2.75, 3.05) is 0 Å². The molecule has 0 aliphatic heterocycles. The number of hydrogen-bond donors (Lipinski definition) is 0. The molecule has 1 nitrogen and oxygen atoms in total. The Morgan fingerprint density at radius 2 is 1.62 bits per heavy atom. The highest BCUT2D eigenvalue weighted by atomic mass is 14.6. The van der Waals surface area contributed by atoms with Gasteiger partial charge < -0.3 is 0 Å². The van der Waals surface area contributed by atoms with E-state index in [-0.39, 0.29) is 0 Å². The molecule has 0 saturated carbocycles. The molecule has 0 atom stereocenters. The van der Waals surface area contributed by atoms with Crippen LogP contribution in [0.3, 0.4) is 0 Å². The van der Waals surface area contributed by atoms with Crippen molar-refractivity contribution in [3.63, 3.8) is 0 Å². The highest BCUT2D eigenvalue weighted by Crippen LogP contribution is 2.06. The number of aromatic nitrogens is 1. The Hall–Kier alpha value is -1.63. The highest BCUT2D eigenvalue weighted by molar-refractivity contribution is 5.23. The summed E-state index contributed by atoms with van der Waals surface area (Å²) in [6.07, 6.45) is 4.68. The van der Waals surface area contributed by atoms with Crippen LogP contribution in [0.25, 0.3) is 0 Å². The lowest BCUT2D eigenvalue weighted by atomic mass is 10.1. The molecule has 1 heteroatoms. The van der Waals surface area contributed by atoms with Gasteiger partial charge in [-0.05, 0) is 23.6 Å². The molecule has 1 aromatic carbocycles. The summed E-state index contributed by atoms with van der Waals surface area (Å²) >= 11 is 0. The van der Waals surface area contributed by atoms with Crippen molar-refractivity contribution < 1.29 is 0 Å². The average molecular weight is 169 g/mol. The zero-order valence-electron chi connectivity index (χ0n) is 7.35. The van der Waals surface area contributed by atoms with Gasteiger partial charge in [-0.1, -0.05) is 36.4 Å². The predicted molar refractivity (Wildman–Crippen MR) is 53.5 cm³/mol. The molecule has 0 amide bonds. The van der Waals surface area contributed by atoms with Crippen molar-refractivity contribution in [3.05, 3.63) is 66.0 Å². The van der Waals surface area contributed by atoms with Gasteiger partial charge in [0, 0.05) is 12.4 Å². The van der Waals surface area contributed by atoms with Gasteiger partial charge in [-0.3, -0.25) is 4.98 Å². The van der Waals surface area contributed by atoms with Gasteiger partial charge in [0.2, 0.25) is 0 Å². The smallest absolute Gasteiger partial charge is 0.0303 e. The molecule has 0 bridgehead atoms. The van der Waals surface area contributed by atoms with E-state index in [4.69, 9.17) is 0 Å². The maximum Gasteiger partial charge on any atom is 0.0303 e. The van der Waals surface area contributed by atoms with Gasteiger partial charge in [0.25, 0.3) is 0 Å². The lowest BCUT2D eigenvalue weighted by molar-refractivity contribution is 1.15. The minimum atomic E-state index is 0.967. The molecular weight excluding hydrogens is 158 g/mol. The second-order valence-electron chi connectivity index (χ2n) is 3.02. The van der Waals surface area contributed by atoms with Crippen LogP contribution in [-0.2, 0) is 6.42 Å². The molecule has 0 saturated heterocycles. The van der Waals surface area contributed by atoms with Crippen LogP contribution < -0.4 is 0 Å². The second kappa shape index (κ2) is 3.85. The van der Waals surface area contributed by atoms with Crippen LogP contribution in [0.1, 0.15) is 11.1 Å². The van der Waals surface area contributed by atoms with Crippen molar-refractivity contribution >= 4 is 0 Å². The maximum atomic E-state index is 4.08. The molecule has 0 aliphatic carbocycles. The quantitative estimate of drug-likeness (QED) is 0.673. The van der Waals surface area contributed by atoms with Crippen LogP contribution in [0.4, 0.5) is 0 Å². The number of hydrogen-bond acceptors (Lipinski definition) is 1. The first kappa shape index (κ1) is 7.99. The molecule has 0 aliphatic rings. The Kier molecular flexibility index (Phi) is 2.37. The highest BCUT2D eigenvalue weighted by Gasteiger charge is 1.93. The SMILES string of the molecule is c1ccc(Cc2cccnc2)cc1. The second-order valence-corrected chi connectivity index (χ2v) is 3.02. The Balaban J connectivity index is 2.16. The summed E-state index contributed by atoms with van der Waals surface area (Å²) in [5, 5.41) is 0. The molecule has 2 aromatic rings. The zero-order chi connectivity index (χ0) is 8.93. The van der Waals surface area contributed by atoms with E-state index in [0.717, 1.165) is 6.42 Å². The van der Waals surface area contributed by atoms with E-state index < -0.39 is 0 Å². The van der Waals surface area contributed by atoms with Crippen LogP contribution in [0.5, 0.6) is 0 Å². The van der Waals surface area contributed by atoms with Gasteiger partial charge >= 0.3 is 0 Å². The third kappa shape index (κ3) is 2.15. The topological polar surface area (TPSA) is 12.9 Å². The van der Waals surface area contributed by atoms with E-state index in [1.54, 1.807) is 6.20 Å². The fraction of sp³-hybridized carbons (Fsp3) is 0.0833. The van der Waals surface area contributed by atoms with Crippen molar-refractivity contribution in [2.45, 2.75) is 6.42 Å². The van der Waals surface area contributed by atoms with Crippen LogP contribution in [-0.4, -0.2) is 4.98 Å². The van der Waals surface area contributed by atoms with Crippen LogP contribution in [0.2, 0.25) is 0 Å². The molecule has 13 heavy (non-hydrogen) atoms. The van der Waals surface area contributed by atoms with E-state index in [1.165, 1.54) is 11.1 Å². The Bertz CT molecular complexity index is 316. The summed E-state index contributed by atoms with van der Waals surface area (Å²) in [4.78, 5) is 4.08. The summed E-state index contributed by atoms with van der Waals surface area (Å²) in [5.74, 6) is 0. The molecule has 0 unspecified atom stereocenters. The van der Waals surface area contributed by atoms with E-state index >= 15 is 0 Å². The van der Waals surface area contributed by atoms with Gasteiger partial charge in [-0.25, -0.2) is 0 Å². The molecular formula is C12H11N. The minimum Gasteiger partial charge on any atom is -0.264 e. The molecule has 0 radical (unpaired) electrons. The fourth-order valence-electron chi connectivity index (χ4n) is 1.33. The molecule has 1 aromatic heterocycles. The largest absolute Gasteiger partial charge is 0.264 e. The third-order valence-electron chi connectivity index (χ3n) is 1.97. The number of rotatable bonds is 2. The average Bonchev–Trinajstić information content (AvgIpc) is 2.21. The number of benzene rings is 1. The van der Waals surface area contributed by atoms with E-state index in [2.05, 4.69) is 35.3 Å². The van der Waals surface area contributed by atoms with Crippen molar-refractivity contribution in [3.8, 4) is 0 Å². The molecule has 2 rings (SSSR count). The van der Waals surface area contributed by atoms with Gasteiger partial charge in [0.1, 0.15) is 0 Å². The first-order valence-corrected chi connectivity index (χ1v) is 4.38. The summed E-state index contributed by atoms with van der Waals surface area (Å²) in [7, 11) is 0.